The van der Waals surface area contributed by atoms with E-state index in [1.807, 2.05) is 12.1 Å². The van der Waals surface area contributed by atoms with E-state index in [1.54, 1.807) is 6.07 Å². The van der Waals surface area contributed by atoms with E-state index in [2.05, 4.69) is 35.2 Å². The first-order valence-electron chi connectivity index (χ1n) is 9.49. The zero-order valence-electron chi connectivity index (χ0n) is 14.6. The molecule has 25 heavy (non-hydrogen) atoms. The monoisotopic (exact) mass is 337 g/mol. The number of aliphatic hydroxyl groups excluding tert-OH is 1. The first-order chi connectivity index (χ1) is 12.2. The standard InChI is InChI=1S/C22H27NO2/c24-20-10-11-21-18(14-20)12-13-23(15-22(21)25)19-8-6-17(7-9-19)16-4-2-1-3-5-16/h1-5,10-11,14,17,19,22,24-25H,6-9,12-13,15H2/t17-,19-,22?. The van der Waals surface area contributed by atoms with Crippen LogP contribution in [0.25, 0.3) is 0 Å². The summed E-state index contributed by atoms with van der Waals surface area (Å²) in [4.78, 5) is 2.48. The lowest BCUT2D eigenvalue weighted by Crippen LogP contribution is -2.40. The van der Waals surface area contributed by atoms with Gasteiger partial charge in [0, 0.05) is 19.1 Å². The van der Waals surface area contributed by atoms with Crippen molar-refractivity contribution in [3.05, 3.63) is 65.2 Å². The second-order valence-corrected chi connectivity index (χ2v) is 7.56. The van der Waals surface area contributed by atoms with Crippen molar-refractivity contribution in [2.75, 3.05) is 13.1 Å². The third-order valence-electron chi connectivity index (χ3n) is 6.05. The highest BCUT2D eigenvalue weighted by Crippen LogP contribution is 2.36. The van der Waals surface area contributed by atoms with E-state index in [0.29, 0.717) is 24.3 Å². The number of rotatable bonds is 2. The van der Waals surface area contributed by atoms with Crippen molar-refractivity contribution in [2.45, 2.75) is 50.2 Å². The third-order valence-corrected chi connectivity index (χ3v) is 6.05. The molecule has 2 aliphatic rings. The number of aromatic hydroxyl groups is 1. The Hall–Kier alpha value is -1.84. The number of phenolic OH excluding ortho intramolecular Hbond substituents is 1. The molecule has 2 N–H and O–H groups in total. The molecule has 2 aromatic carbocycles. The molecule has 1 unspecified atom stereocenters. The molecule has 1 aliphatic carbocycles. The summed E-state index contributed by atoms with van der Waals surface area (Å²) in [6, 6.07) is 16.8. The van der Waals surface area contributed by atoms with Gasteiger partial charge in [-0.3, -0.25) is 4.90 Å². The molecule has 3 heteroatoms. The predicted molar refractivity (Wildman–Crippen MR) is 99.8 cm³/mol. The quantitative estimate of drug-likeness (QED) is 0.870. The van der Waals surface area contributed by atoms with Gasteiger partial charge in [0.1, 0.15) is 5.75 Å². The van der Waals surface area contributed by atoms with E-state index in [0.717, 1.165) is 24.1 Å². The summed E-state index contributed by atoms with van der Waals surface area (Å²) < 4.78 is 0. The first-order valence-corrected chi connectivity index (χ1v) is 9.49. The molecule has 132 valence electrons. The molecular formula is C22H27NO2. The van der Waals surface area contributed by atoms with Gasteiger partial charge in [0.05, 0.1) is 6.10 Å². The van der Waals surface area contributed by atoms with E-state index in [-0.39, 0.29) is 0 Å². The molecule has 1 aliphatic heterocycles. The fraction of sp³-hybridized carbons (Fsp3) is 0.455. The average Bonchev–Trinajstić information content (AvgIpc) is 2.81. The van der Waals surface area contributed by atoms with Gasteiger partial charge in [-0.2, -0.15) is 0 Å². The Balaban J connectivity index is 1.41. The van der Waals surface area contributed by atoms with E-state index in [9.17, 15) is 10.2 Å². The summed E-state index contributed by atoms with van der Waals surface area (Å²) in [6.07, 6.45) is 5.32. The molecule has 0 saturated heterocycles. The van der Waals surface area contributed by atoms with Crippen LogP contribution in [0.3, 0.4) is 0 Å². The van der Waals surface area contributed by atoms with Crippen molar-refractivity contribution in [2.24, 2.45) is 0 Å². The van der Waals surface area contributed by atoms with Crippen molar-refractivity contribution < 1.29 is 10.2 Å². The number of aliphatic hydroxyl groups is 1. The molecular weight excluding hydrogens is 310 g/mol. The van der Waals surface area contributed by atoms with Crippen molar-refractivity contribution in [1.82, 2.24) is 4.90 Å². The normalized spacial score (nSPS) is 27.5. The van der Waals surface area contributed by atoms with Crippen LogP contribution in [0.15, 0.2) is 48.5 Å². The molecule has 1 fully saturated rings. The number of hydrogen-bond donors (Lipinski definition) is 2. The number of fused-ring (bicyclic) bond motifs is 1. The zero-order valence-corrected chi connectivity index (χ0v) is 14.6. The van der Waals surface area contributed by atoms with Crippen molar-refractivity contribution >= 4 is 0 Å². The van der Waals surface area contributed by atoms with Crippen LogP contribution in [0, 0.1) is 0 Å². The van der Waals surface area contributed by atoms with Crippen LogP contribution in [0.1, 0.15) is 54.4 Å². The molecule has 0 spiro atoms. The number of nitrogens with zero attached hydrogens (tertiary/aromatic N) is 1. The molecule has 1 saturated carbocycles. The fourth-order valence-corrected chi connectivity index (χ4v) is 4.64. The summed E-state index contributed by atoms with van der Waals surface area (Å²) in [5, 5.41) is 20.4. The van der Waals surface area contributed by atoms with Gasteiger partial charge < -0.3 is 10.2 Å². The van der Waals surface area contributed by atoms with Gasteiger partial charge in [-0.25, -0.2) is 0 Å². The fourth-order valence-electron chi connectivity index (χ4n) is 4.64. The Morgan fingerprint density at radius 1 is 0.920 bits per heavy atom. The van der Waals surface area contributed by atoms with Crippen molar-refractivity contribution in [3.63, 3.8) is 0 Å². The Morgan fingerprint density at radius 3 is 2.44 bits per heavy atom. The molecule has 4 rings (SSSR count). The summed E-state index contributed by atoms with van der Waals surface area (Å²) in [7, 11) is 0. The van der Waals surface area contributed by atoms with Crippen LogP contribution >= 0.6 is 0 Å². The minimum Gasteiger partial charge on any atom is -0.508 e. The second kappa shape index (κ2) is 7.19. The third kappa shape index (κ3) is 3.58. The highest BCUT2D eigenvalue weighted by atomic mass is 16.3. The minimum atomic E-state index is -0.454. The van der Waals surface area contributed by atoms with Gasteiger partial charge in [0.2, 0.25) is 0 Å². The zero-order chi connectivity index (χ0) is 17.2. The average molecular weight is 337 g/mol. The SMILES string of the molecule is Oc1ccc2c(c1)CCN([C@H]1CC[C@H](c3ccccc3)CC1)CC2O. The first kappa shape index (κ1) is 16.6. The summed E-state index contributed by atoms with van der Waals surface area (Å²) in [5.74, 6) is 0.978. The molecule has 3 nitrogen and oxygen atoms in total. The molecule has 1 atom stereocenters. The second-order valence-electron chi connectivity index (χ2n) is 7.56. The number of phenols is 1. The molecule has 0 bridgehead atoms. The van der Waals surface area contributed by atoms with E-state index in [4.69, 9.17) is 0 Å². The smallest absolute Gasteiger partial charge is 0.115 e. The van der Waals surface area contributed by atoms with Crippen LogP contribution < -0.4 is 0 Å². The summed E-state index contributed by atoms with van der Waals surface area (Å²) in [6.45, 7) is 1.67. The van der Waals surface area contributed by atoms with Crippen LogP contribution in [0.4, 0.5) is 0 Å². The van der Waals surface area contributed by atoms with Crippen LogP contribution in [-0.4, -0.2) is 34.2 Å². The predicted octanol–water partition coefficient (Wildman–Crippen LogP) is 4.01. The number of hydrogen-bond acceptors (Lipinski definition) is 3. The maximum atomic E-state index is 10.6. The van der Waals surface area contributed by atoms with E-state index < -0.39 is 6.10 Å². The van der Waals surface area contributed by atoms with Gasteiger partial charge in [0.25, 0.3) is 0 Å². The molecule has 0 aromatic heterocycles. The number of β-amino-alcohol motifs (C(OH)–C–C–N with tert-alkyl or cyclic N) is 1. The minimum absolute atomic E-state index is 0.294. The topological polar surface area (TPSA) is 43.7 Å². The molecule has 0 amide bonds. The molecule has 2 aromatic rings. The van der Waals surface area contributed by atoms with Crippen LogP contribution in [-0.2, 0) is 6.42 Å². The Morgan fingerprint density at radius 2 is 1.68 bits per heavy atom. The lowest BCUT2D eigenvalue weighted by Gasteiger charge is -2.37. The highest BCUT2D eigenvalue weighted by Gasteiger charge is 2.30. The highest BCUT2D eigenvalue weighted by molar-refractivity contribution is 5.37. The van der Waals surface area contributed by atoms with E-state index >= 15 is 0 Å². The largest absolute Gasteiger partial charge is 0.508 e. The van der Waals surface area contributed by atoms with E-state index in [1.165, 1.54) is 31.2 Å². The Kier molecular flexibility index (Phi) is 4.78. The van der Waals surface area contributed by atoms with Crippen molar-refractivity contribution in [3.8, 4) is 5.75 Å². The van der Waals surface area contributed by atoms with Crippen molar-refractivity contribution in [1.29, 1.82) is 0 Å². The van der Waals surface area contributed by atoms with Gasteiger partial charge in [0.15, 0.2) is 0 Å². The van der Waals surface area contributed by atoms with Crippen LogP contribution in [0.5, 0.6) is 5.75 Å². The van der Waals surface area contributed by atoms with Gasteiger partial charge in [-0.1, -0.05) is 36.4 Å². The molecule has 1 heterocycles. The van der Waals surface area contributed by atoms with Gasteiger partial charge >= 0.3 is 0 Å². The lowest BCUT2D eigenvalue weighted by molar-refractivity contribution is 0.0774. The maximum absolute atomic E-state index is 10.6. The van der Waals surface area contributed by atoms with Gasteiger partial charge in [-0.15, -0.1) is 0 Å². The summed E-state index contributed by atoms with van der Waals surface area (Å²) in [5.41, 5.74) is 3.55. The van der Waals surface area contributed by atoms with Gasteiger partial charge in [-0.05, 0) is 66.8 Å². The lowest BCUT2D eigenvalue weighted by atomic mass is 9.81. The van der Waals surface area contributed by atoms with Crippen LogP contribution in [0.2, 0.25) is 0 Å². The molecule has 0 radical (unpaired) electrons. The number of benzene rings is 2. The summed E-state index contributed by atoms with van der Waals surface area (Å²) >= 11 is 0. The Labute approximate surface area is 149 Å². The Bertz CT molecular complexity index is 707. The maximum Gasteiger partial charge on any atom is 0.115 e.